The zero-order chi connectivity index (χ0) is 19.7. The van der Waals surface area contributed by atoms with Crippen LogP contribution in [0.15, 0.2) is 23.0 Å². The Labute approximate surface area is 155 Å². The minimum absolute atomic E-state index is 0.0473. The number of fused-ring (bicyclic) bond motifs is 1. The minimum Gasteiger partial charge on any atom is -0.501 e. The van der Waals surface area contributed by atoms with E-state index in [4.69, 9.17) is 4.74 Å². The number of aromatic nitrogens is 2. The molecule has 8 heteroatoms. The third-order valence-corrected chi connectivity index (χ3v) is 4.54. The average molecular weight is 375 g/mol. The van der Waals surface area contributed by atoms with Crippen molar-refractivity contribution in [3.63, 3.8) is 0 Å². The van der Waals surface area contributed by atoms with Gasteiger partial charge in [0.2, 0.25) is 5.75 Å². The molecule has 2 aromatic rings. The summed E-state index contributed by atoms with van der Waals surface area (Å²) >= 11 is 0. The summed E-state index contributed by atoms with van der Waals surface area (Å²) in [6.45, 7) is 6.21. The predicted octanol–water partition coefficient (Wildman–Crippen LogP) is 2.05. The van der Waals surface area contributed by atoms with Gasteiger partial charge in [0, 0.05) is 6.54 Å². The van der Waals surface area contributed by atoms with E-state index in [2.05, 4.69) is 10.3 Å². The number of carbonyl (C=O) groups is 1. The number of nitrogens with zero attached hydrogens (tertiary/aromatic N) is 2. The van der Waals surface area contributed by atoms with Crippen LogP contribution in [0.4, 0.5) is 4.39 Å². The Bertz CT molecular complexity index is 939. The number of carbonyl (C=O) groups excluding carboxylic acids is 1. The summed E-state index contributed by atoms with van der Waals surface area (Å²) in [5.74, 6) is -1.31. The van der Waals surface area contributed by atoms with Gasteiger partial charge in [-0.3, -0.25) is 14.2 Å². The molecule has 1 amide bonds. The molecule has 1 aliphatic rings. The van der Waals surface area contributed by atoms with Crippen LogP contribution in [0.2, 0.25) is 0 Å². The van der Waals surface area contributed by atoms with Gasteiger partial charge in [0.25, 0.3) is 11.5 Å². The Morgan fingerprint density at radius 3 is 2.89 bits per heavy atom. The van der Waals surface area contributed by atoms with Crippen LogP contribution in [-0.4, -0.2) is 27.2 Å². The van der Waals surface area contributed by atoms with Crippen molar-refractivity contribution in [3.8, 4) is 5.75 Å². The first-order valence-corrected chi connectivity index (χ1v) is 8.78. The van der Waals surface area contributed by atoms with E-state index in [0.717, 1.165) is 0 Å². The van der Waals surface area contributed by atoms with Crippen LogP contribution in [0.3, 0.4) is 0 Å². The zero-order valence-corrected chi connectivity index (χ0v) is 15.5. The van der Waals surface area contributed by atoms with Gasteiger partial charge in [-0.25, -0.2) is 9.37 Å². The minimum atomic E-state index is -0.684. The molecule has 0 radical (unpaired) electrons. The standard InChI is InChI=1S/C19H22FN3O4/c1-10(2)16-17-22-14(15(24)19(26)23(17)6-7-27-16)18(25)21-9-12-4-5-13(20)11(3)8-12/h4-5,8,10,16,24H,6-7,9H2,1-3H3,(H,21,25). The molecule has 7 nitrogen and oxygen atoms in total. The Morgan fingerprint density at radius 1 is 1.48 bits per heavy atom. The number of aromatic hydroxyl groups is 1. The number of ether oxygens (including phenoxy) is 1. The van der Waals surface area contributed by atoms with Gasteiger partial charge >= 0.3 is 0 Å². The lowest BCUT2D eigenvalue weighted by Gasteiger charge is -2.29. The number of hydrogen-bond donors (Lipinski definition) is 2. The van der Waals surface area contributed by atoms with Crippen molar-refractivity contribution in [2.45, 2.75) is 40.0 Å². The summed E-state index contributed by atoms with van der Waals surface area (Å²) in [6.07, 6.45) is -0.432. The third kappa shape index (κ3) is 3.71. The van der Waals surface area contributed by atoms with Crippen molar-refractivity contribution in [3.05, 3.63) is 57.0 Å². The van der Waals surface area contributed by atoms with Gasteiger partial charge in [-0.2, -0.15) is 0 Å². The highest BCUT2D eigenvalue weighted by molar-refractivity contribution is 5.94. The third-order valence-electron chi connectivity index (χ3n) is 4.54. The van der Waals surface area contributed by atoms with Crippen LogP contribution in [0.5, 0.6) is 5.75 Å². The number of aryl methyl sites for hydroxylation is 1. The van der Waals surface area contributed by atoms with E-state index in [-0.39, 0.29) is 30.5 Å². The monoisotopic (exact) mass is 375 g/mol. The fourth-order valence-corrected chi connectivity index (χ4v) is 3.07. The van der Waals surface area contributed by atoms with Gasteiger partial charge in [0.05, 0.1) is 13.2 Å². The molecule has 0 saturated carbocycles. The molecule has 1 atom stereocenters. The zero-order valence-electron chi connectivity index (χ0n) is 15.5. The first-order valence-electron chi connectivity index (χ1n) is 8.78. The second-order valence-electron chi connectivity index (χ2n) is 6.93. The predicted molar refractivity (Wildman–Crippen MR) is 96.0 cm³/mol. The number of nitrogens with one attached hydrogen (secondary N) is 1. The molecular formula is C19H22FN3O4. The normalized spacial score (nSPS) is 16.3. The van der Waals surface area contributed by atoms with Gasteiger partial charge in [0.15, 0.2) is 5.69 Å². The van der Waals surface area contributed by atoms with E-state index < -0.39 is 23.3 Å². The fourth-order valence-electron chi connectivity index (χ4n) is 3.07. The number of hydrogen-bond acceptors (Lipinski definition) is 5. The molecule has 0 saturated heterocycles. The van der Waals surface area contributed by atoms with Crippen molar-refractivity contribution in [1.29, 1.82) is 0 Å². The van der Waals surface area contributed by atoms with Crippen molar-refractivity contribution >= 4 is 5.91 Å². The summed E-state index contributed by atoms with van der Waals surface area (Å²) in [6, 6.07) is 4.50. The first-order chi connectivity index (χ1) is 12.8. The number of rotatable bonds is 4. The van der Waals surface area contributed by atoms with Crippen LogP contribution in [0.25, 0.3) is 0 Å². The summed E-state index contributed by atoms with van der Waals surface area (Å²) < 4.78 is 20.4. The van der Waals surface area contributed by atoms with Gasteiger partial charge in [-0.1, -0.05) is 26.0 Å². The lowest BCUT2D eigenvalue weighted by Crippen LogP contribution is -2.37. The number of halogens is 1. The maximum absolute atomic E-state index is 13.3. The lowest BCUT2D eigenvalue weighted by atomic mass is 10.1. The molecule has 0 bridgehead atoms. The Kier molecular flexibility index (Phi) is 5.27. The Balaban J connectivity index is 1.88. The fraction of sp³-hybridized carbons (Fsp3) is 0.421. The molecule has 0 spiro atoms. The largest absolute Gasteiger partial charge is 0.501 e. The van der Waals surface area contributed by atoms with Gasteiger partial charge in [-0.05, 0) is 30.0 Å². The Hall–Kier alpha value is -2.74. The van der Waals surface area contributed by atoms with E-state index >= 15 is 0 Å². The molecule has 1 unspecified atom stereocenters. The van der Waals surface area contributed by atoms with Crippen LogP contribution >= 0.6 is 0 Å². The molecule has 3 rings (SSSR count). The molecule has 1 aromatic carbocycles. The molecule has 27 heavy (non-hydrogen) atoms. The maximum Gasteiger partial charge on any atom is 0.296 e. The molecule has 0 fully saturated rings. The van der Waals surface area contributed by atoms with E-state index in [0.29, 0.717) is 23.6 Å². The number of benzene rings is 1. The van der Waals surface area contributed by atoms with E-state index in [9.17, 15) is 19.1 Å². The summed E-state index contributed by atoms with van der Waals surface area (Å²) in [7, 11) is 0. The van der Waals surface area contributed by atoms with Crippen LogP contribution in [-0.2, 0) is 17.8 Å². The smallest absolute Gasteiger partial charge is 0.296 e. The van der Waals surface area contributed by atoms with E-state index in [1.807, 2.05) is 13.8 Å². The second kappa shape index (κ2) is 7.48. The lowest BCUT2D eigenvalue weighted by molar-refractivity contribution is -0.0147. The highest BCUT2D eigenvalue weighted by Crippen LogP contribution is 2.28. The van der Waals surface area contributed by atoms with Gasteiger partial charge < -0.3 is 15.2 Å². The molecule has 2 heterocycles. The van der Waals surface area contributed by atoms with Crippen LogP contribution < -0.4 is 10.9 Å². The summed E-state index contributed by atoms with van der Waals surface area (Å²) in [4.78, 5) is 29.2. The van der Waals surface area contributed by atoms with Crippen LogP contribution in [0, 0.1) is 18.7 Å². The maximum atomic E-state index is 13.3. The van der Waals surface area contributed by atoms with Crippen LogP contribution in [0.1, 0.15) is 47.4 Å². The molecule has 0 aliphatic carbocycles. The molecular weight excluding hydrogens is 353 g/mol. The van der Waals surface area contributed by atoms with Crippen molar-refractivity contribution in [2.24, 2.45) is 5.92 Å². The first kappa shape index (κ1) is 19.0. The molecule has 1 aliphatic heterocycles. The van der Waals surface area contributed by atoms with Gasteiger partial charge in [0.1, 0.15) is 17.7 Å². The summed E-state index contributed by atoms with van der Waals surface area (Å²) in [5, 5.41) is 12.8. The van der Waals surface area contributed by atoms with Crippen molar-refractivity contribution in [1.82, 2.24) is 14.9 Å². The van der Waals surface area contributed by atoms with Crippen molar-refractivity contribution in [2.75, 3.05) is 6.61 Å². The molecule has 2 N–H and O–H groups in total. The number of amides is 1. The SMILES string of the molecule is Cc1cc(CNC(=O)c2nc3n(c(=O)c2O)CCOC3C(C)C)ccc1F. The van der Waals surface area contributed by atoms with Crippen molar-refractivity contribution < 1.29 is 19.0 Å². The quantitative estimate of drug-likeness (QED) is 0.853. The Morgan fingerprint density at radius 2 is 2.22 bits per heavy atom. The van der Waals surface area contributed by atoms with E-state index in [1.165, 1.54) is 10.6 Å². The highest BCUT2D eigenvalue weighted by Gasteiger charge is 2.30. The average Bonchev–Trinajstić information content (AvgIpc) is 2.64. The topological polar surface area (TPSA) is 93.5 Å². The molecule has 1 aromatic heterocycles. The molecule has 144 valence electrons. The highest BCUT2D eigenvalue weighted by atomic mass is 19.1. The second-order valence-corrected chi connectivity index (χ2v) is 6.93. The van der Waals surface area contributed by atoms with E-state index in [1.54, 1.807) is 19.1 Å². The van der Waals surface area contributed by atoms with Gasteiger partial charge in [-0.15, -0.1) is 0 Å². The summed E-state index contributed by atoms with van der Waals surface area (Å²) in [5.41, 5.74) is 0.171.